The molecule has 0 radical (unpaired) electrons. The molecule has 2 rings (SSSR count). The summed E-state index contributed by atoms with van der Waals surface area (Å²) < 4.78 is 13.8. The number of hydrogen-bond donors (Lipinski definition) is 0. The zero-order valence-electron chi connectivity index (χ0n) is 9.36. The van der Waals surface area contributed by atoms with Crippen LogP contribution >= 0.6 is 38.9 Å². The van der Waals surface area contributed by atoms with E-state index in [1.54, 1.807) is 12.1 Å². The first-order chi connectivity index (χ1) is 9.02. The third-order valence-corrected chi connectivity index (χ3v) is 4.45. The molecular weight excluding hydrogens is 353 g/mol. The van der Waals surface area contributed by atoms with E-state index in [2.05, 4.69) is 15.9 Å². The predicted molar refractivity (Wildman–Crippen MR) is 76.1 cm³/mol. The van der Waals surface area contributed by atoms with Crippen LogP contribution in [0.3, 0.4) is 0 Å². The highest BCUT2D eigenvalue weighted by atomic mass is 79.9. The second-order valence-corrected chi connectivity index (χ2v) is 6.57. The molecule has 96 valence electrons. The molecule has 0 spiro atoms. The minimum Gasteiger partial charge on any atom is -0.291 e. The summed E-state index contributed by atoms with van der Waals surface area (Å²) in [6.45, 7) is 0. The van der Waals surface area contributed by atoms with E-state index in [9.17, 15) is 14.4 Å². The molecule has 1 unspecified atom stereocenters. The van der Waals surface area contributed by atoms with E-state index in [-0.39, 0.29) is 10.8 Å². The summed E-state index contributed by atoms with van der Waals surface area (Å²) >= 11 is 10.4. The summed E-state index contributed by atoms with van der Waals surface area (Å²) in [4.78, 5) is 12.7. The first-order valence-electron chi connectivity index (χ1n) is 5.17. The van der Waals surface area contributed by atoms with Crippen LogP contribution in [0, 0.1) is 17.1 Å². The van der Waals surface area contributed by atoms with Crippen molar-refractivity contribution in [3.05, 3.63) is 55.4 Å². The van der Waals surface area contributed by atoms with Gasteiger partial charge in [-0.25, -0.2) is 4.39 Å². The number of rotatable bonds is 3. The Hall–Kier alpha value is -1.22. The number of ketones is 1. The Morgan fingerprint density at radius 2 is 2.16 bits per heavy atom. The summed E-state index contributed by atoms with van der Waals surface area (Å²) in [5.74, 6) is -1.87. The van der Waals surface area contributed by atoms with Crippen LogP contribution in [0.5, 0.6) is 0 Å². The smallest absolute Gasteiger partial charge is 0.194 e. The largest absolute Gasteiger partial charge is 0.291 e. The number of thiophene rings is 1. The maximum Gasteiger partial charge on any atom is 0.194 e. The van der Waals surface area contributed by atoms with Crippen molar-refractivity contribution in [1.29, 1.82) is 5.26 Å². The van der Waals surface area contributed by atoms with Crippen LogP contribution in [0.15, 0.2) is 34.1 Å². The number of halogens is 3. The Kier molecular flexibility index (Phi) is 4.35. The standard InChI is InChI=1S/C13H6BrClFNOS/c14-12-4-3-11(19-12)13(18)9(6-17)8-2-1-7(16)5-10(8)15/h1-5,9H. The van der Waals surface area contributed by atoms with Gasteiger partial charge in [0.25, 0.3) is 0 Å². The number of benzene rings is 1. The fourth-order valence-electron chi connectivity index (χ4n) is 1.59. The van der Waals surface area contributed by atoms with Crippen LogP contribution in [0.4, 0.5) is 4.39 Å². The summed E-state index contributed by atoms with van der Waals surface area (Å²) in [6.07, 6.45) is 0. The fourth-order valence-corrected chi connectivity index (χ4v) is 3.23. The van der Waals surface area contributed by atoms with Gasteiger partial charge in [0.1, 0.15) is 11.7 Å². The van der Waals surface area contributed by atoms with Gasteiger partial charge in [-0.15, -0.1) is 11.3 Å². The van der Waals surface area contributed by atoms with Crippen molar-refractivity contribution in [3.8, 4) is 6.07 Å². The second-order valence-electron chi connectivity index (χ2n) is 3.70. The van der Waals surface area contributed by atoms with Gasteiger partial charge in [0.05, 0.1) is 14.7 Å². The average molecular weight is 359 g/mol. The number of hydrogen-bond acceptors (Lipinski definition) is 3. The van der Waals surface area contributed by atoms with Gasteiger partial charge in [-0.3, -0.25) is 4.79 Å². The molecule has 0 bridgehead atoms. The lowest BCUT2D eigenvalue weighted by Crippen LogP contribution is -2.10. The van der Waals surface area contributed by atoms with Crippen LogP contribution in [-0.2, 0) is 0 Å². The van der Waals surface area contributed by atoms with E-state index in [0.717, 1.165) is 9.85 Å². The van der Waals surface area contributed by atoms with Crippen molar-refractivity contribution in [2.75, 3.05) is 0 Å². The maximum absolute atomic E-state index is 13.0. The molecule has 1 heterocycles. The average Bonchev–Trinajstić information content (AvgIpc) is 2.79. The number of nitrogens with zero attached hydrogens (tertiary/aromatic N) is 1. The molecule has 19 heavy (non-hydrogen) atoms. The van der Waals surface area contributed by atoms with Gasteiger partial charge in [0.2, 0.25) is 0 Å². The van der Waals surface area contributed by atoms with Crippen LogP contribution in [0.25, 0.3) is 0 Å². The lowest BCUT2D eigenvalue weighted by Gasteiger charge is -2.09. The molecule has 1 atom stereocenters. The van der Waals surface area contributed by atoms with Crippen LogP contribution < -0.4 is 0 Å². The van der Waals surface area contributed by atoms with Gasteiger partial charge < -0.3 is 0 Å². The number of carbonyl (C=O) groups excluding carboxylic acids is 1. The molecule has 0 fully saturated rings. The molecule has 6 heteroatoms. The van der Waals surface area contributed by atoms with E-state index in [4.69, 9.17) is 11.6 Å². The van der Waals surface area contributed by atoms with Gasteiger partial charge >= 0.3 is 0 Å². The lowest BCUT2D eigenvalue weighted by molar-refractivity contribution is 0.0983. The molecule has 0 saturated heterocycles. The van der Waals surface area contributed by atoms with E-state index in [1.807, 2.05) is 6.07 Å². The quantitative estimate of drug-likeness (QED) is 0.740. The highest BCUT2D eigenvalue weighted by Gasteiger charge is 2.25. The molecular formula is C13H6BrClFNOS. The summed E-state index contributed by atoms with van der Waals surface area (Å²) in [7, 11) is 0. The van der Waals surface area contributed by atoms with Crippen LogP contribution in [0.1, 0.15) is 21.2 Å². The van der Waals surface area contributed by atoms with Crippen molar-refractivity contribution >= 4 is 44.7 Å². The summed E-state index contributed by atoms with van der Waals surface area (Å²) in [5.41, 5.74) is 0.320. The monoisotopic (exact) mass is 357 g/mol. The number of nitriles is 1. The molecule has 1 aromatic heterocycles. The lowest BCUT2D eigenvalue weighted by atomic mass is 9.95. The van der Waals surface area contributed by atoms with Crippen LogP contribution in [0.2, 0.25) is 5.02 Å². The Morgan fingerprint density at radius 1 is 1.42 bits per heavy atom. The van der Waals surface area contributed by atoms with Gasteiger partial charge in [-0.05, 0) is 45.8 Å². The zero-order valence-corrected chi connectivity index (χ0v) is 12.5. The Labute approximate surface area is 126 Å². The van der Waals surface area contributed by atoms with E-state index >= 15 is 0 Å². The number of carbonyl (C=O) groups is 1. The summed E-state index contributed by atoms with van der Waals surface area (Å²) in [5, 5.41) is 9.26. The van der Waals surface area contributed by atoms with Crippen molar-refractivity contribution in [3.63, 3.8) is 0 Å². The third kappa shape index (κ3) is 3.03. The van der Waals surface area contributed by atoms with Crippen LogP contribution in [-0.4, -0.2) is 5.78 Å². The minimum atomic E-state index is -1.03. The molecule has 0 amide bonds. The van der Waals surface area contributed by atoms with Gasteiger partial charge in [-0.1, -0.05) is 17.7 Å². The van der Waals surface area contributed by atoms with E-state index < -0.39 is 11.7 Å². The number of Topliss-reactive ketones (excluding diaryl/α,β-unsaturated/α-hetero) is 1. The maximum atomic E-state index is 13.0. The first-order valence-corrected chi connectivity index (χ1v) is 7.16. The van der Waals surface area contributed by atoms with Crippen molar-refractivity contribution < 1.29 is 9.18 Å². The topological polar surface area (TPSA) is 40.9 Å². The van der Waals surface area contributed by atoms with Crippen molar-refractivity contribution in [2.24, 2.45) is 0 Å². The summed E-state index contributed by atoms with van der Waals surface area (Å²) in [6, 6.07) is 8.94. The van der Waals surface area contributed by atoms with Gasteiger partial charge in [0, 0.05) is 5.02 Å². The Balaban J connectivity index is 2.40. The molecule has 0 saturated carbocycles. The molecule has 0 aliphatic carbocycles. The van der Waals surface area contributed by atoms with Crippen molar-refractivity contribution in [1.82, 2.24) is 0 Å². The molecule has 0 N–H and O–H groups in total. The second kappa shape index (κ2) is 5.83. The fraction of sp³-hybridized carbons (Fsp3) is 0.0769. The van der Waals surface area contributed by atoms with E-state index in [0.29, 0.717) is 10.4 Å². The molecule has 1 aromatic carbocycles. The Morgan fingerprint density at radius 3 is 2.68 bits per heavy atom. The third-order valence-electron chi connectivity index (χ3n) is 2.48. The van der Waals surface area contributed by atoms with Gasteiger partial charge in [0.15, 0.2) is 5.78 Å². The molecule has 2 nitrogen and oxygen atoms in total. The highest BCUT2D eigenvalue weighted by molar-refractivity contribution is 9.11. The minimum absolute atomic E-state index is 0.0792. The zero-order chi connectivity index (χ0) is 14.0. The highest BCUT2D eigenvalue weighted by Crippen LogP contribution is 2.31. The molecule has 0 aliphatic heterocycles. The molecule has 0 aliphatic rings. The van der Waals surface area contributed by atoms with Crippen molar-refractivity contribution in [2.45, 2.75) is 5.92 Å². The van der Waals surface area contributed by atoms with E-state index in [1.165, 1.54) is 23.5 Å². The Bertz CT molecular complexity index is 680. The molecule has 2 aromatic rings. The predicted octanol–water partition coefficient (Wildman–Crippen LogP) is 4.79. The normalized spacial score (nSPS) is 11.9. The van der Waals surface area contributed by atoms with Gasteiger partial charge in [-0.2, -0.15) is 5.26 Å². The first kappa shape index (κ1) is 14.2. The SMILES string of the molecule is N#CC(C(=O)c1ccc(Br)s1)c1ccc(F)cc1Cl.